The maximum atomic E-state index is 15.1. The molecule has 1 N–H and O–H groups in total. The number of hydrogen-bond donors (Lipinski definition) is 1. The second-order valence-corrected chi connectivity index (χ2v) is 9.68. The standard InChI is InChI=1S/C26H32FN7O3/c1-31-11-13-32(14-12-31)9-2-3-25(35)24-7-4-19(16-28-24)22-6-5-20(15-23(22)27)34-18-21(37-26(34)36)17-33-10-8-29-30-33/h4-8,10,15-16,21,25,35H,2-3,9,11-14,17-18H2,1H3/t21-,25?/m0/s1. The van der Waals surface area contributed by atoms with Gasteiger partial charge in [-0.1, -0.05) is 11.3 Å². The second-order valence-electron chi connectivity index (χ2n) is 9.68. The number of carbonyl (C=O) groups excluding carboxylic acids is 1. The molecule has 10 nitrogen and oxygen atoms in total. The summed E-state index contributed by atoms with van der Waals surface area (Å²) >= 11 is 0. The van der Waals surface area contributed by atoms with Crippen molar-refractivity contribution in [2.24, 2.45) is 0 Å². The first-order valence-electron chi connectivity index (χ1n) is 12.6. The molecule has 1 unspecified atom stereocenters. The van der Waals surface area contributed by atoms with Gasteiger partial charge >= 0.3 is 6.09 Å². The summed E-state index contributed by atoms with van der Waals surface area (Å²) in [5, 5.41) is 18.2. The Labute approximate surface area is 215 Å². The largest absolute Gasteiger partial charge is 0.442 e. The molecule has 0 bridgehead atoms. The number of amides is 1. The van der Waals surface area contributed by atoms with Gasteiger partial charge in [0.1, 0.15) is 11.9 Å². The van der Waals surface area contributed by atoms with Crippen LogP contribution in [0.15, 0.2) is 48.9 Å². The summed E-state index contributed by atoms with van der Waals surface area (Å²) in [6.07, 6.45) is 4.77. The van der Waals surface area contributed by atoms with Gasteiger partial charge in [-0.05, 0) is 50.7 Å². The van der Waals surface area contributed by atoms with E-state index in [0.717, 1.165) is 39.1 Å². The Morgan fingerprint density at radius 3 is 2.73 bits per heavy atom. The Balaban J connectivity index is 1.17. The van der Waals surface area contributed by atoms with Gasteiger partial charge in [0.15, 0.2) is 0 Å². The summed E-state index contributed by atoms with van der Waals surface area (Å²) < 4.78 is 22.0. The van der Waals surface area contributed by atoms with Crippen molar-refractivity contribution in [3.63, 3.8) is 0 Å². The zero-order chi connectivity index (χ0) is 25.8. The third-order valence-electron chi connectivity index (χ3n) is 6.99. The first kappa shape index (κ1) is 25.2. The maximum absolute atomic E-state index is 15.1. The molecule has 11 heteroatoms. The van der Waals surface area contributed by atoms with Crippen LogP contribution < -0.4 is 4.90 Å². The Morgan fingerprint density at radius 2 is 2.03 bits per heavy atom. The molecule has 0 radical (unpaired) electrons. The highest BCUT2D eigenvalue weighted by molar-refractivity contribution is 5.90. The van der Waals surface area contributed by atoms with E-state index in [1.54, 1.807) is 47.5 Å². The molecule has 2 aromatic heterocycles. The molecule has 2 aliphatic heterocycles. The van der Waals surface area contributed by atoms with Crippen molar-refractivity contribution in [2.45, 2.75) is 31.6 Å². The number of benzene rings is 1. The number of nitrogens with zero attached hydrogens (tertiary/aromatic N) is 7. The van der Waals surface area contributed by atoms with Gasteiger partial charge in [0.25, 0.3) is 0 Å². The zero-order valence-electron chi connectivity index (χ0n) is 20.9. The van der Waals surface area contributed by atoms with E-state index in [1.165, 1.54) is 11.0 Å². The summed E-state index contributed by atoms with van der Waals surface area (Å²) in [6, 6.07) is 8.16. The number of cyclic esters (lactones) is 1. The molecule has 2 saturated heterocycles. The number of hydrogen-bond acceptors (Lipinski definition) is 8. The monoisotopic (exact) mass is 509 g/mol. The van der Waals surface area contributed by atoms with Crippen LogP contribution in [0.3, 0.4) is 0 Å². The molecule has 5 rings (SSSR count). The Morgan fingerprint density at radius 1 is 1.19 bits per heavy atom. The quantitative estimate of drug-likeness (QED) is 0.470. The molecule has 0 saturated carbocycles. The summed E-state index contributed by atoms with van der Waals surface area (Å²) in [4.78, 5) is 22.9. The van der Waals surface area contributed by atoms with Crippen LogP contribution in [0.1, 0.15) is 24.6 Å². The Kier molecular flexibility index (Phi) is 7.73. The van der Waals surface area contributed by atoms with E-state index in [2.05, 4.69) is 32.1 Å². The predicted molar refractivity (Wildman–Crippen MR) is 135 cm³/mol. The molecule has 2 atom stereocenters. The summed E-state index contributed by atoms with van der Waals surface area (Å²) in [5.41, 5.74) is 1.98. The number of piperazine rings is 1. The van der Waals surface area contributed by atoms with Crippen LogP contribution in [0.4, 0.5) is 14.9 Å². The highest BCUT2D eigenvalue weighted by Crippen LogP contribution is 2.30. The fourth-order valence-electron chi connectivity index (χ4n) is 4.76. The number of halogens is 1. The van der Waals surface area contributed by atoms with Crippen LogP contribution in [0.5, 0.6) is 0 Å². The SMILES string of the molecule is CN1CCN(CCCC(O)c2ccc(-c3ccc(N4C[C@H](Cn5ccnn5)OC4=O)cc3F)cn2)CC1. The normalized spacial score (nSPS) is 19.8. The summed E-state index contributed by atoms with van der Waals surface area (Å²) in [7, 11) is 2.14. The van der Waals surface area contributed by atoms with Crippen LogP contribution in [-0.4, -0.2) is 93.4 Å². The fraction of sp³-hybridized carbons (Fsp3) is 0.462. The second kappa shape index (κ2) is 11.3. The number of carbonyl (C=O) groups is 1. The molecule has 1 aromatic carbocycles. The molecular weight excluding hydrogens is 477 g/mol. The lowest BCUT2D eigenvalue weighted by Crippen LogP contribution is -2.44. The smallest absolute Gasteiger partial charge is 0.414 e. The maximum Gasteiger partial charge on any atom is 0.414 e. The highest BCUT2D eigenvalue weighted by atomic mass is 19.1. The van der Waals surface area contributed by atoms with Crippen LogP contribution >= 0.6 is 0 Å². The number of pyridine rings is 1. The molecule has 3 aromatic rings. The zero-order valence-corrected chi connectivity index (χ0v) is 20.9. The van der Waals surface area contributed by atoms with Gasteiger partial charge in [0.2, 0.25) is 0 Å². The summed E-state index contributed by atoms with van der Waals surface area (Å²) in [5.74, 6) is -0.465. The van der Waals surface area contributed by atoms with E-state index in [1.807, 2.05) is 0 Å². The lowest BCUT2D eigenvalue weighted by atomic mass is 10.0. The van der Waals surface area contributed by atoms with E-state index >= 15 is 4.39 Å². The Bertz CT molecular complexity index is 1180. The molecule has 0 spiro atoms. The van der Waals surface area contributed by atoms with Gasteiger partial charge in [-0.3, -0.25) is 9.88 Å². The third-order valence-corrected chi connectivity index (χ3v) is 6.99. The number of aromatic nitrogens is 4. The summed E-state index contributed by atoms with van der Waals surface area (Å²) in [6.45, 7) is 5.92. The highest BCUT2D eigenvalue weighted by Gasteiger charge is 2.33. The topological polar surface area (TPSA) is 99.9 Å². The van der Waals surface area contributed by atoms with E-state index in [4.69, 9.17) is 4.74 Å². The number of ether oxygens (including phenoxy) is 1. The number of aliphatic hydroxyl groups is 1. The minimum atomic E-state index is -0.652. The molecule has 2 aliphatic rings. The molecule has 196 valence electrons. The lowest BCUT2D eigenvalue weighted by Gasteiger charge is -2.32. The molecular formula is C26H32FN7O3. The van der Waals surface area contributed by atoms with Crippen LogP contribution in [0, 0.1) is 5.82 Å². The molecule has 37 heavy (non-hydrogen) atoms. The number of anilines is 1. The van der Waals surface area contributed by atoms with Gasteiger partial charge in [0, 0.05) is 49.7 Å². The van der Waals surface area contributed by atoms with Crippen molar-refractivity contribution in [3.8, 4) is 11.1 Å². The van der Waals surface area contributed by atoms with Crippen molar-refractivity contribution in [1.29, 1.82) is 0 Å². The van der Waals surface area contributed by atoms with Crippen molar-refractivity contribution in [2.75, 3.05) is 51.2 Å². The first-order valence-corrected chi connectivity index (χ1v) is 12.6. The number of rotatable bonds is 9. The van der Waals surface area contributed by atoms with Gasteiger partial charge < -0.3 is 19.6 Å². The van der Waals surface area contributed by atoms with Crippen molar-refractivity contribution in [3.05, 3.63) is 60.4 Å². The minimum Gasteiger partial charge on any atom is -0.442 e. The molecule has 0 aliphatic carbocycles. The van der Waals surface area contributed by atoms with E-state index in [9.17, 15) is 9.90 Å². The lowest BCUT2D eigenvalue weighted by molar-refractivity contribution is 0.129. The minimum absolute atomic E-state index is 0.292. The van der Waals surface area contributed by atoms with Crippen LogP contribution in [0.25, 0.3) is 11.1 Å². The van der Waals surface area contributed by atoms with Crippen LogP contribution in [-0.2, 0) is 11.3 Å². The van der Waals surface area contributed by atoms with Crippen LogP contribution in [0.2, 0.25) is 0 Å². The molecule has 1 amide bonds. The average molecular weight is 510 g/mol. The molecule has 4 heterocycles. The van der Waals surface area contributed by atoms with Gasteiger partial charge in [-0.15, -0.1) is 5.10 Å². The van der Waals surface area contributed by atoms with Crippen molar-refractivity contribution >= 4 is 11.8 Å². The predicted octanol–water partition coefficient (Wildman–Crippen LogP) is 2.57. The van der Waals surface area contributed by atoms with Crippen molar-refractivity contribution in [1.82, 2.24) is 29.8 Å². The van der Waals surface area contributed by atoms with E-state index in [-0.39, 0.29) is 0 Å². The number of likely N-dealkylation sites (N-methyl/N-ethyl adjacent to an activating group) is 1. The van der Waals surface area contributed by atoms with Gasteiger partial charge in [-0.25, -0.2) is 13.9 Å². The van der Waals surface area contributed by atoms with Gasteiger partial charge in [-0.2, -0.15) is 0 Å². The third kappa shape index (κ3) is 6.12. The van der Waals surface area contributed by atoms with Gasteiger partial charge in [0.05, 0.1) is 36.8 Å². The van der Waals surface area contributed by atoms with Crippen molar-refractivity contribution < 1.29 is 19.0 Å². The fourth-order valence-corrected chi connectivity index (χ4v) is 4.76. The van der Waals surface area contributed by atoms with E-state index < -0.39 is 24.1 Å². The first-order chi connectivity index (χ1) is 18.0. The van der Waals surface area contributed by atoms with E-state index in [0.29, 0.717) is 42.0 Å². The molecule has 2 fully saturated rings. The Hall–Kier alpha value is -3.41. The number of aliphatic hydroxyl groups excluding tert-OH is 1. The average Bonchev–Trinajstić information content (AvgIpc) is 3.54.